The summed E-state index contributed by atoms with van der Waals surface area (Å²) in [5.41, 5.74) is -14.8. The van der Waals surface area contributed by atoms with Crippen molar-refractivity contribution < 1.29 is 80.6 Å². The minimum absolute atomic E-state index is 0.414. The molecular weight excluding hydrogens is 694 g/mol. The van der Waals surface area contributed by atoms with Crippen molar-refractivity contribution >= 4 is 18.2 Å². The summed E-state index contributed by atoms with van der Waals surface area (Å²) in [6.45, 7) is 1.27. The van der Waals surface area contributed by atoms with Gasteiger partial charge in [-0.25, -0.2) is 65.9 Å². The molecule has 1 heterocycles. The van der Waals surface area contributed by atoms with Crippen molar-refractivity contribution in [3.8, 4) is 39.1 Å². The van der Waals surface area contributed by atoms with E-state index in [9.17, 15) is 49.6 Å². The Bertz CT molecular complexity index is 2150. The van der Waals surface area contributed by atoms with Crippen LogP contribution in [0.15, 0.2) is 0 Å². The highest BCUT2D eigenvalue weighted by atomic mass is 19.2. The lowest BCUT2D eigenvalue weighted by atomic mass is 9.82. The Balaban J connectivity index is 2.25. The van der Waals surface area contributed by atoms with E-state index in [1.54, 1.807) is 0 Å². The fourth-order valence-electron chi connectivity index (χ4n) is 5.26. The maximum atomic E-state index is 15.4. The number of hydrogen-bond acceptors (Lipinski definition) is 3. The van der Waals surface area contributed by atoms with Crippen molar-refractivity contribution in [2.45, 2.75) is 13.8 Å². The summed E-state index contributed by atoms with van der Waals surface area (Å²) in [5, 5.41) is 17.7. The summed E-state index contributed by atoms with van der Waals surface area (Å²) < 4.78 is 226. The van der Waals surface area contributed by atoms with Crippen LogP contribution in [0.1, 0.15) is 11.3 Å². The van der Waals surface area contributed by atoms with E-state index >= 15 is 26.3 Å². The molecule has 0 aliphatic heterocycles. The highest BCUT2D eigenvalue weighted by Crippen LogP contribution is 2.53. The van der Waals surface area contributed by atoms with Crippen LogP contribution in [0.4, 0.5) is 65.9 Å². The second-order valence-electron chi connectivity index (χ2n) is 9.86. The summed E-state index contributed by atoms with van der Waals surface area (Å²) in [6, 6.07) is 0. The zero-order valence-corrected chi connectivity index (χ0v) is 23.0. The van der Waals surface area contributed by atoms with Gasteiger partial charge in [0.2, 0.25) is 17.5 Å². The monoisotopic (exact) mass is 703 g/mol. The Kier molecular flexibility index (Phi) is 8.40. The average molecular weight is 703 g/mol. The zero-order chi connectivity index (χ0) is 36.0. The van der Waals surface area contributed by atoms with E-state index in [4.69, 9.17) is 4.65 Å². The second kappa shape index (κ2) is 11.7. The van der Waals surface area contributed by atoms with E-state index in [1.165, 1.54) is 0 Å². The molecule has 5 aromatic rings. The normalized spacial score (nSPS) is 11.6. The molecule has 0 bridgehead atoms. The van der Waals surface area contributed by atoms with Gasteiger partial charge in [-0.05, 0) is 19.4 Å². The van der Waals surface area contributed by atoms with Gasteiger partial charge in [-0.1, -0.05) is 0 Å². The summed E-state index contributed by atoms with van der Waals surface area (Å²) in [5.74, 6) is -42.6. The molecule has 5 rings (SSSR count). The van der Waals surface area contributed by atoms with Gasteiger partial charge in [0.15, 0.2) is 69.8 Å². The fraction of sp³-hybridized carbons (Fsp3) is 0.0714. The quantitative estimate of drug-likeness (QED) is 0.0749. The number of aryl methyl sites for hydroxylation is 1. The number of H-pyrrole nitrogens is 1. The van der Waals surface area contributed by atoms with E-state index in [0.717, 1.165) is 6.92 Å². The number of hydrogen-bond donors (Lipinski definition) is 3. The SMILES string of the molecule is Cc1[nH]c2c(-c3c(F)c(F)c(F)c(F)c3F)c(-c3c(F)c(F)c(F)c(F)c3F)c(C)c(-c3c(F)c(F)c(F)c(F)c3F)c2c1OB(O)O. The van der Waals surface area contributed by atoms with Crippen molar-refractivity contribution in [3.05, 3.63) is 98.5 Å². The molecule has 0 amide bonds. The lowest BCUT2D eigenvalue weighted by Gasteiger charge is -2.23. The van der Waals surface area contributed by atoms with Crippen LogP contribution in [0.3, 0.4) is 0 Å². The first-order valence-electron chi connectivity index (χ1n) is 12.5. The topological polar surface area (TPSA) is 65.5 Å². The molecule has 0 aliphatic carbocycles. The number of aromatic amines is 1. The smallest absolute Gasteiger partial charge is 0.510 e. The molecule has 3 N–H and O–H groups in total. The van der Waals surface area contributed by atoms with Gasteiger partial charge < -0.3 is 19.7 Å². The molecule has 0 saturated heterocycles. The first-order valence-corrected chi connectivity index (χ1v) is 12.5. The molecule has 4 aromatic carbocycles. The lowest BCUT2D eigenvalue weighted by molar-refractivity contribution is 0.288. The van der Waals surface area contributed by atoms with Crippen molar-refractivity contribution in [3.63, 3.8) is 0 Å². The van der Waals surface area contributed by atoms with Gasteiger partial charge in [0, 0.05) is 22.1 Å². The second-order valence-corrected chi connectivity index (χ2v) is 9.86. The van der Waals surface area contributed by atoms with Crippen LogP contribution >= 0.6 is 0 Å². The minimum atomic E-state index is -2.93. The molecule has 0 saturated carbocycles. The van der Waals surface area contributed by atoms with Gasteiger partial charge in [0.1, 0.15) is 5.75 Å². The fourth-order valence-corrected chi connectivity index (χ4v) is 5.26. The number of halogens is 15. The standard InChI is InChI=1S/C28H9BF15NO3/c1-3-5(8-12(30)18(36)24(42)19(37)13(8)31)7(10-16(34)22(40)26(44)23(41)17(10)35)27-11(28(4(2)45-27)48-29(46)47)6(3)9-14(32)20(38)25(43)21(39)15(9)33/h45-47H,1-2H3. The number of benzene rings is 4. The molecule has 0 unspecified atom stereocenters. The van der Waals surface area contributed by atoms with E-state index in [0.29, 0.717) is 6.92 Å². The maximum absolute atomic E-state index is 15.4. The van der Waals surface area contributed by atoms with Crippen molar-refractivity contribution in [1.29, 1.82) is 0 Å². The summed E-state index contributed by atoms with van der Waals surface area (Å²) in [7, 11) is -2.93. The van der Waals surface area contributed by atoms with Gasteiger partial charge in [0.05, 0.1) is 27.9 Å². The van der Waals surface area contributed by atoms with Crippen LogP contribution in [-0.2, 0) is 0 Å². The van der Waals surface area contributed by atoms with Gasteiger partial charge in [-0.15, -0.1) is 0 Å². The molecule has 0 fully saturated rings. The maximum Gasteiger partial charge on any atom is 0.707 e. The summed E-state index contributed by atoms with van der Waals surface area (Å²) in [4.78, 5) is 2.08. The van der Waals surface area contributed by atoms with Gasteiger partial charge in [-0.2, -0.15) is 0 Å². The van der Waals surface area contributed by atoms with Crippen LogP contribution in [0.5, 0.6) is 5.75 Å². The molecule has 0 atom stereocenters. The van der Waals surface area contributed by atoms with Crippen LogP contribution < -0.4 is 4.65 Å². The summed E-state index contributed by atoms with van der Waals surface area (Å²) in [6.07, 6.45) is 0. The molecule has 4 nitrogen and oxygen atoms in total. The molecule has 252 valence electrons. The Morgan fingerprint density at radius 3 is 1.04 bits per heavy atom. The molecule has 0 aliphatic rings. The number of aromatic nitrogens is 1. The van der Waals surface area contributed by atoms with Crippen LogP contribution in [0, 0.1) is 101 Å². The Labute approximate surface area is 255 Å². The largest absolute Gasteiger partial charge is 0.707 e. The van der Waals surface area contributed by atoms with E-state index < -0.39 is 156 Å². The van der Waals surface area contributed by atoms with Crippen molar-refractivity contribution in [2.75, 3.05) is 0 Å². The van der Waals surface area contributed by atoms with Crippen LogP contribution in [-0.4, -0.2) is 22.4 Å². The van der Waals surface area contributed by atoms with Crippen molar-refractivity contribution in [1.82, 2.24) is 4.98 Å². The van der Waals surface area contributed by atoms with Gasteiger partial charge in [0.25, 0.3) is 0 Å². The van der Waals surface area contributed by atoms with E-state index in [1.807, 2.05) is 0 Å². The Morgan fingerprint density at radius 2 is 0.708 bits per heavy atom. The Morgan fingerprint density at radius 1 is 0.417 bits per heavy atom. The van der Waals surface area contributed by atoms with Crippen LogP contribution in [0.25, 0.3) is 44.3 Å². The average Bonchev–Trinajstić information content (AvgIpc) is 3.35. The van der Waals surface area contributed by atoms with E-state index in [-0.39, 0.29) is 0 Å². The third-order valence-electron chi connectivity index (χ3n) is 7.23. The predicted molar refractivity (Wildman–Crippen MR) is 134 cm³/mol. The molecule has 1 aromatic heterocycles. The highest BCUT2D eigenvalue weighted by Gasteiger charge is 2.39. The van der Waals surface area contributed by atoms with E-state index in [2.05, 4.69) is 4.98 Å². The third kappa shape index (κ3) is 4.67. The first kappa shape index (κ1) is 34.5. The molecule has 0 spiro atoms. The lowest BCUT2D eigenvalue weighted by Crippen LogP contribution is -2.21. The number of fused-ring (bicyclic) bond motifs is 1. The summed E-state index contributed by atoms with van der Waals surface area (Å²) >= 11 is 0. The minimum Gasteiger partial charge on any atom is -0.510 e. The Hall–Kier alpha value is -4.85. The highest BCUT2D eigenvalue weighted by molar-refractivity contribution is 6.34. The van der Waals surface area contributed by atoms with Gasteiger partial charge in [-0.3, -0.25) is 0 Å². The number of rotatable bonds is 5. The third-order valence-corrected chi connectivity index (χ3v) is 7.23. The molecular formula is C28H9BF15NO3. The predicted octanol–water partition coefficient (Wildman–Crippen LogP) is 8.22. The molecule has 0 radical (unpaired) electrons. The first-order chi connectivity index (χ1) is 22.3. The molecule has 48 heavy (non-hydrogen) atoms. The zero-order valence-electron chi connectivity index (χ0n) is 23.0. The van der Waals surface area contributed by atoms with Gasteiger partial charge >= 0.3 is 7.32 Å². The van der Waals surface area contributed by atoms with Crippen molar-refractivity contribution in [2.24, 2.45) is 0 Å². The van der Waals surface area contributed by atoms with Crippen LogP contribution in [0.2, 0.25) is 0 Å². The molecule has 20 heteroatoms. The number of nitrogens with one attached hydrogen (secondary N) is 1.